The standard InChI is InChI=1S/C20H28F3N5.HI/c1-3-25-19(26-9-5-12-28-13-11-24-15-28)27-10-8-16(2)17-6-4-7-18(14-17)20(21,22)23;/h4,6-7,11,13-16H,3,5,8-10,12H2,1-2H3,(H2,25,26,27);1H. The third kappa shape index (κ3) is 9.05. The van der Waals surface area contributed by atoms with Gasteiger partial charge in [0.2, 0.25) is 0 Å². The molecule has 2 aromatic rings. The molecule has 1 atom stereocenters. The van der Waals surface area contributed by atoms with E-state index in [1.54, 1.807) is 18.6 Å². The van der Waals surface area contributed by atoms with E-state index in [0.717, 1.165) is 31.5 Å². The number of hydrogen-bond donors (Lipinski definition) is 2. The van der Waals surface area contributed by atoms with Crippen LogP contribution >= 0.6 is 24.0 Å². The fourth-order valence-electron chi connectivity index (χ4n) is 2.80. The molecule has 0 amide bonds. The summed E-state index contributed by atoms with van der Waals surface area (Å²) in [5.74, 6) is 0.739. The number of imidazole rings is 1. The molecule has 0 aliphatic heterocycles. The smallest absolute Gasteiger partial charge is 0.357 e. The summed E-state index contributed by atoms with van der Waals surface area (Å²) in [6.07, 6.45) is 2.75. The maximum absolute atomic E-state index is 12.9. The number of aliphatic imine (C=N–C) groups is 1. The Labute approximate surface area is 187 Å². The quantitative estimate of drug-likeness (QED) is 0.218. The summed E-state index contributed by atoms with van der Waals surface area (Å²) in [5.41, 5.74) is 0.0940. The molecule has 0 aliphatic rings. The van der Waals surface area contributed by atoms with Crippen molar-refractivity contribution in [1.82, 2.24) is 20.2 Å². The Bertz CT molecular complexity index is 732. The molecule has 0 aliphatic carbocycles. The van der Waals surface area contributed by atoms with Crippen molar-refractivity contribution in [2.75, 3.05) is 19.6 Å². The van der Waals surface area contributed by atoms with Crippen molar-refractivity contribution >= 4 is 29.9 Å². The number of aromatic nitrogens is 2. The molecule has 9 heteroatoms. The van der Waals surface area contributed by atoms with E-state index in [1.807, 2.05) is 24.6 Å². The Balaban J connectivity index is 0.00000420. The number of aryl methyl sites for hydroxylation is 1. The zero-order valence-corrected chi connectivity index (χ0v) is 19.1. The number of guanidine groups is 1. The van der Waals surface area contributed by atoms with Crippen LogP contribution in [0.2, 0.25) is 0 Å². The molecule has 1 aromatic heterocycles. The van der Waals surface area contributed by atoms with E-state index >= 15 is 0 Å². The summed E-state index contributed by atoms with van der Waals surface area (Å²) in [6.45, 7) is 6.84. The van der Waals surface area contributed by atoms with Crippen LogP contribution in [0.15, 0.2) is 48.0 Å². The van der Waals surface area contributed by atoms with Crippen LogP contribution in [0.5, 0.6) is 0 Å². The van der Waals surface area contributed by atoms with Crippen molar-refractivity contribution in [3.63, 3.8) is 0 Å². The van der Waals surface area contributed by atoms with Gasteiger partial charge in [0.25, 0.3) is 0 Å². The Morgan fingerprint density at radius 2 is 2.07 bits per heavy atom. The van der Waals surface area contributed by atoms with Crippen LogP contribution < -0.4 is 10.6 Å². The summed E-state index contributed by atoms with van der Waals surface area (Å²) < 4.78 is 40.6. The third-order valence-corrected chi connectivity index (χ3v) is 4.40. The number of benzene rings is 1. The SMILES string of the molecule is CCNC(=NCCCn1ccnc1)NCCC(C)c1cccc(C(F)(F)F)c1.I. The molecule has 2 N–H and O–H groups in total. The van der Waals surface area contributed by atoms with Crippen LogP contribution in [0.25, 0.3) is 0 Å². The van der Waals surface area contributed by atoms with Crippen LogP contribution in [0.4, 0.5) is 13.2 Å². The number of nitrogens with zero attached hydrogens (tertiary/aromatic N) is 3. The number of nitrogens with one attached hydrogen (secondary N) is 2. The minimum atomic E-state index is -4.31. The third-order valence-electron chi connectivity index (χ3n) is 4.40. The van der Waals surface area contributed by atoms with Crippen molar-refractivity contribution in [1.29, 1.82) is 0 Å². The van der Waals surface area contributed by atoms with Crippen molar-refractivity contribution in [2.24, 2.45) is 4.99 Å². The summed E-state index contributed by atoms with van der Waals surface area (Å²) in [5, 5.41) is 6.45. The number of rotatable bonds is 9. The maximum Gasteiger partial charge on any atom is 0.416 e. The van der Waals surface area contributed by atoms with Crippen LogP contribution in [0, 0.1) is 0 Å². The van der Waals surface area contributed by atoms with Crippen molar-refractivity contribution in [3.8, 4) is 0 Å². The minimum Gasteiger partial charge on any atom is -0.357 e. The fourth-order valence-corrected chi connectivity index (χ4v) is 2.80. The first kappa shape index (κ1) is 25.3. The lowest BCUT2D eigenvalue weighted by Crippen LogP contribution is -2.38. The van der Waals surface area contributed by atoms with Crippen molar-refractivity contribution in [2.45, 2.75) is 45.3 Å². The number of hydrogen-bond acceptors (Lipinski definition) is 2. The molecule has 0 bridgehead atoms. The molecular weight excluding hydrogens is 494 g/mol. The van der Waals surface area contributed by atoms with Gasteiger partial charge < -0.3 is 15.2 Å². The van der Waals surface area contributed by atoms with Gasteiger partial charge in [-0.05, 0) is 37.3 Å². The van der Waals surface area contributed by atoms with E-state index in [2.05, 4.69) is 20.6 Å². The molecule has 0 fully saturated rings. The van der Waals surface area contributed by atoms with Gasteiger partial charge in [-0.2, -0.15) is 13.2 Å². The van der Waals surface area contributed by atoms with Crippen molar-refractivity contribution < 1.29 is 13.2 Å². The molecule has 0 saturated carbocycles. The number of alkyl halides is 3. The van der Waals surface area contributed by atoms with Gasteiger partial charge in [-0.15, -0.1) is 24.0 Å². The molecule has 29 heavy (non-hydrogen) atoms. The van der Waals surface area contributed by atoms with E-state index in [-0.39, 0.29) is 29.9 Å². The second-order valence-corrected chi connectivity index (χ2v) is 6.65. The highest BCUT2D eigenvalue weighted by atomic mass is 127. The van der Waals surface area contributed by atoms with Gasteiger partial charge in [0.1, 0.15) is 0 Å². The first-order chi connectivity index (χ1) is 13.4. The topological polar surface area (TPSA) is 54.2 Å². The summed E-state index contributed by atoms with van der Waals surface area (Å²) in [6, 6.07) is 5.55. The van der Waals surface area contributed by atoms with E-state index < -0.39 is 11.7 Å². The highest BCUT2D eigenvalue weighted by molar-refractivity contribution is 14.0. The largest absolute Gasteiger partial charge is 0.416 e. The average molecular weight is 523 g/mol. The Morgan fingerprint density at radius 3 is 2.72 bits per heavy atom. The summed E-state index contributed by atoms with van der Waals surface area (Å²) in [4.78, 5) is 8.55. The molecule has 1 unspecified atom stereocenters. The first-order valence-corrected chi connectivity index (χ1v) is 9.55. The monoisotopic (exact) mass is 523 g/mol. The van der Waals surface area contributed by atoms with Gasteiger partial charge in [0, 0.05) is 38.6 Å². The predicted molar refractivity (Wildman–Crippen MR) is 121 cm³/mol. The molecule has 2 rings (SSSR count). The molecule has 0 radical (unpaired) electrons. The maximum atomic E-state index is 12.9. The van der Waals surface area contributed by atoms with Crippen LogP contribution in [0.3, 0.4) is 0 Å². The lowest BCUT2D eigenvalue weighted by Gasteiger charge is -2.16. The average Bonchev–Trinajstić information content (AvgIpc) is 3.18. The zero-order chi connectivity index (χ0) is 20.4. The Kier molecular flexibility index (Phi) is 11.1. The van der Waals surface area contributed by atoms with Gasteiger partial charge in [0.15, 0.2) is 5.96 Å². The summed E-state index contributed by atoms with van der Waals surface area (Å²) >= 11 is 0. The normalized spacial score (nSPS) is 12.9. The highest BCUT2D eigenvalue weighted by Gasteiger charge is 2.30. The molecular formula is C20H29F3IN5. The van der Waals surface area contributed by atoms with Crippen LogP contribution in [-0.4, -0.2) is 35.1 Å². The van der Waals surface area contributed by atoms with Crippen LogP contribution in [-0.2, 0) is 12.7 Å². The molecule has 0 saturated heterocycles. The zero-order valence-electron chi connectivity index (χ0n) is 16.7. The predicted octanol–water partition coefficient (Wildman–Crippen LogP) is 4.66. The van der Waals surface area contributed by atoms with Gasteiger partial charge in [-0.25, -0.2) is 4.98 Å². The van der Waals surface area contributed by atoms with E-state index in [4.69, 9.17) is 0 Å². The number of halogens is 4. The summed E-state index contributed by atoms with van der Waals surface area (Å²) in [7, 11) is 0. The second-order valence-electron chi connectivity index (χ2n) is 6.65. The Hall–Kier alpha value is -1.78. The van der Waals surface area contributed by atoms with Crippen molar-refractivity contribution in [3.05, 3.63) is 54.1 Å². The van der Waals surface area contributed by atoms with Crippen LogP contribution in [0.1, 0.15) is 43.7 Å². The molecule has 162 valence electrons. The van der Waals surface area contributed by atoms with Gasteiger partial charge in [-0.3, -0.25) is 4.99 Å². The minimum absolute atomic E-state index is 0. The second kappa shape index (κ2) is 12.7. The molecule has 1 heterocycles. The molecule has 5 nitrogen and oxygen atoms in total. The molecule has 1 aromatic carbocycles. The van der Waals surface area contributed by atoms with E-state index in [9.17, 15) is 13.2 Å². The highest BCUT2D eigenvalue weighted by Crippen LogP contribution is 2.31. The first-order valence-electron chi connectivity index (χ1n) is 9.55. The lowest BCUT2D eigenvalue weighted by atomic mass is 9.96. The lowest BCUT2D eigenvalue weighted by molar-refractivity contribution is -0.137. The van der Waals surface area contributed by atoms with E-state index in [1.165, 1.54) is 12.1 Å². The van der Waals surface area contributed by atoms with Gasteiger partial charge >= 0.3 is 6.18 Å². The molecule has 0 spiro atoms. The fraction of sp³-hybridized carbons (Fsp3) is 0.500. The Morgan fingerprint density at radius 1 is 1.28 bits per heavy atom. The van der Waals surface area contributed by atoms with E-state index in [0.29, 0.717) is 25.1 Å². The van der Waals surface area contributed by atoms with Gasteiger partial charge in [-0.1, -0.05) is 25.1 Å². The van der Waals surface area contributed by atoms with Gasteiger partial charge in [0.05, 0.1) is 11.9 Å².